The molecule has 2 amide bonds. The van der Waals surface area contributed by atoms with E-state index in [0.717, 1.165) is 29.7 Å². The average molecular weight is 370 g/mol. The number of piperazine rings is 1. The van der Waals surface area contributed by atoms with E-state index in [1.165, 1.54) is 0 Å². The molecule has 1 aromatic heterocycles. The molecule has 4 rings (SSSR count). The summed E-state index contributed by atoms with van der Waals surface area (Å²) in [6, 6.07) is 5.60. The number of rotatable bonds is 3. The Morgan fingerprint density at radius 1 is 1.19 bits per heavy atom. The Hall–Kier alpha value is -2.41. The summed E-state index contributed by atoms with van der Waals surface area (Å²) in [4.78, 5) is 36.8. The van der Waals surface area contributed by atoms with Crippen LogP contribution in [-0.4, -0.2) is 70.5 Å². The fraction of sp³-hybridized carbons (Fsp3) is 0.550. The molecule has 3 heterocycles. The van der Waals surface area contributed by atoms with Gasteiger partial charge in [0.25, 0.3) is 11.8 Å². The lowest BCUT2D eigenvalue weighted by Gasteiger charge is -2.35. The summed E-state index contributed by atoms with van der Waals surface area (Å²) in [6.45, 7) is 7.07. The molecule has 2 aromatic rings. The van der Waals surface area contributed by atoms with E-state index in [9.17, 15) is 9.59 Å². The van der Waals surface area contributed by atoms with Crippen LogP contribution in [0, 0.1) is 0 Å². The van der Waals surface area contributed by atoms with E-state index in [0.29, 0.717) is 44.3 Å². The normalized spacial score (nSPS) is 20.6. The number of hydrogen-bond acceptors (Lipinski definition) is 4. The number of nitrogens with one attached hydrogen (secondary N) is 1. The molecule has 2 aliphatic rings. The molecule has 0 radical (unpaired) electrons. The maximum Gasteiger partial charge on any atom is 0.254 e. The smallest absolute Gasteiger partial charge is 0.254 e. The number of amides is 2. The molecule has 0 aliphatic carbocycles. The van der Waals surface area contributed by atoms with E-state index in [1.54, 1.807) is 0 Å². The van der Waals surface area contributed by atoms with Crippen LogP contribution < -0.4 is 0 Å². The highest BCUT2D eigenvalue weighted by Crippen LogP contribution is 2.20. The minimum Gasteiger partial charge on any atom is -0.368 e. The van der Waals surface area contributed by atoms with E-state index in [2.05, 4.69) is 23.8 Å². The first-order valence-corrected chi connectivity index (χ1v) is 9.72. The number of imidazole rings is 1. The van der Waals surface area contributed by atoms with Crippen molar-refractivity contribution in [3.8, 4) is 0 Å². The van der Waals surface area contributed by atoms with Crippen molar-refractivity contribution in [3.63, 3.8) is 0 Å². The Kier molecular flexibility index (Phi) is 4.86. The van der Waals surface area contributed by atoms with Crippen LogP contribution in [0.25, 0.3) is 11.0 Å². The van der Waals surface area contributed by atoms with Crippen LogP contribution in [0.15, 0.2) is 18.2 Å². The first-order valence-electron chi connectivity index (χ1n) is 9.72. The molecule has 27 heavy (non-hydrogen) atoms. The Morgan fingerprint density at radius 2 is 1.93 bits per heavy atom. The molecule has 7 heteroatoms. The quantitative estimate of drug-likeness (QED) is 0.898. The Labute approximate surface area is 158 Å². The van der Waals surface area contributed by atoms with Crippen LogP contribution in [0.2, 0.25) is 0 Å². The zero-order valence-electron chi connectivity index (χ0n) is 15.9. The number of nitrogens with zero attached hydrogens (tertiary/aromatic N) is 3. The maximum atomic E-state index is 12.9. The maximum absolute atomic E-state index is 12.9. The fourth-order valence-corrected chi connectivity index (χ4v) is 3.72. The molecular weight excluding hydrogens is 344 g/mol. The molecule has 1 N–H and O–H groups in total. The number of ether oxygens (including phenoxy) is 1. The number of benzene rings is 1. The number of aromatic nitrogens is 2. The predicted octanol–water partition coefficient (Wildman–Crippen LogP) is 2.15. The van der Waals surface area contributed by atoms with Crippen molar-refractivity contribution in [2.75, 3.05) is 32.8 Å². The molecular formula is C20H26N4O3. The number of hydrogen-bond donors (Lipinski definition) is 1. The highest BCUT2D eigenvalue weighted by Gasteiger charge is 2.31. The van der Waals surface area contributed by atoms with Crippen molar-refractivity contribution in [2.24, 2.45) is 0 Å². The average Bonchev–Trinajstić information content (AvgIpc) is 3.36. The van der Waals surface area contributed by atoms with Crippen LogP contribution in [0.3, 0.4) is 0 Å². The van der Waals surface area contributed by atoms with Gasteiger partial charge in [0, 0.05) is 44.3 Å². The van der Waals surface area contributed by atoms with Gasteiger partial charge >= 0.3 is 0 Å². The summed E-state index contributed by atoms with van der Waals surface area (Å²) in [7, 11) is 0. The summed E-state index contributed by atoms with van der Waals surface area (Å²) in [5, 5.41) is 0. The van der Waals surface area contributed by atoms with Crippen molar-refractivity contribution < 1.29 is 14.3 Å². The van der Waals surface area contributed by atoms with Gasteiger partial charge in [-0.15, -0.1) is 0 Å². The summed E-state index contributed by atoms with van der Waals surface area (Å²) in [6.07, 6.45) is 1.47. The lowest BCUT2D eigenvalue weighted by molar-refractivity contribution is -0.142. The topological polar surface area (TPSA) is 78.5 Å². The van der Waals surface area contributed by atoms with Gasteiger partial charge in [0.2, 0.25) is 0 Å². The van der Waals surface area contributed by atoms with Crippen LogP contribution >= 0.6 is 0 Å². The molecule has 1 atom stereocenters. The van der Waals surface area contributed by atoms with Crippen molar-refractivity contribution >= 4 is 22.8 Å². The highest BCUT2D eigenvalue weighted by molar-refractivity contribution is 5.97. The second-order valence-corrected chi connectivity index (χ2v) is 7.63. The van der Waals surface area contributed by atoms with Crippen molar-refractivity contribution in [3.05, 3.63) is 29.6 Å². The zero-order valence-corrected chi connectivity index (χ0v) is 15.9. The van der Waals surface area contributed by atoms with Gasteiger partial charge in [0.15, 0.2) is 0 Å². The van der Waals surface area contributed by atoms with Gasteiger partial charge in [0.1, 0.15) is 11.9 Å². The molecule has 2 fully saturated rings. The van der Waals surface area contributed by atoms with E-state index >= 15 is 0 Å². The van der Waals surface area contributed by atoms with Gasteiger partial charge in [-0.05, 0) is 31.0 Å². The highest BCUT2D eigenvalue weighted by atomic mass is 16.5. The van der Waals surface area contributed by atoms with Gasteiger partial charge in [-0.2, -0.15) is 0 Å². The molecule has 144 valence electrons. The van der Waals surface area contributed by atoms with Gasteiger partial charge in [0.05, 0.1) is 11.0 Å². The van der Waals surface area contributed by atoms with Gasteiger partial charge in [-0.3, -0.25) is 9.59 Å². The number of carbonyl (C=O) groups excluding carboxylic acids is 2. The first kappa shape index (κ1) is 18.0. The third-order valence-electron chi connectivity index (χ3n) is 5.38. The van der Waals surface area contributed by atoms with Crippen molar-refractivity contribution in [2.45, 2.75) is 38.7 Å². The van der Waals surface area contributed by atoms with Gasteiger partial charge in [-0.1, -0.05) is 13.8 Å². The van der Waals surface area contributed by atoms with Gasteiger partial charge < -0.3 is 19.5 Å². The molecule has 7 nitrogen and oxygen atoms in total. The van der Waals surface area contributed by atoms with Gasteiger partial charge in [-0.25, -0.2) is 4.98 Å². The minimum absolute atomic E-state index is 0.00168. The van der Waals surface area contributed by atoms with E-state index in [1.807, 2.05) is 28.0 Å². The molecule has 2 saturated heterocycles. The molecule has 1 aromatic carbocycles. The number of carbonyl (C=O) groups is 2. The van der Waals surface area contributed by atoms with Crippen molar-refractivity contribution in [1.29, 1.82) is 0 Å². The lowest BCUT2D eigenvalue weighted by Crippen LogP contribution is -2.52. The van der Waals surface area contributed by atoms with E-state index in [4.69, 9.17) is 4.74 Å². The summed E-state index contributed by atoms with van der Waals surface area (Å²) in [5.74, 6) is 1.31. The molecule has 2 aliphatic heterocycles. The first-order chi connectivity index (χ1) is 13.0. The molecule has 0 spiro atoms. The zero-order chi connectivity index (χ0) is 19.0. The van der Waals surface area contributed by atoms with Crippen LogP contribution in [0.1, 0.15) is 48.8 Å². The number of fused-ring (bicyclic) bond motifs is 1. The molecule has 0 saturated carbocycles. The SMILES string of the molecule is CC(C)c1nc2ccc(C(=O)N3CCN(C(=O)C4CCCO4)CC3)cc2[nH]1. The molecule has 1 unspecified atom stereocenters. The third kappa shape index (κ3) is 3.56. The summed E-state index contributed by atoms with van der Waals surface area (Å²) in [5.41, 5.74) is 2.42. The minimum atomic E-state index is -0.287. The lowest BCUT2D eigenvalue weighted by atomic mass is 10.1. The Morgan fingerprint density at radius 3 is 2.59 bits per heavy atom. The largest absolute Gasteiger partial charge is 0.368 e. The summed E-state index contributed by atoms with van der Waals surface area (Å²) < 4.78 is 5.49. The van der Waals surface area contributed by atoms with E-state index < -0.39 is 0 Å². The van der Waals surface area contributed by atoms with Crippen LogP contribution in [-0.2, 0) is 9.53 Å². The predicted molar refractivity (Wildman–Crippen MR) is 102 cm³/mol. The van der Waals surface area contributed by atoms with Crippen molar-refractivity contribution in [1.82, 2.24) is 19.8 Å². The Balaban J connectivity index is 1.41. The molecule has 0 bridgehead atoms. The second kappa shape index (κ2) is 7.31. The standard InChI is InChI=1S/C20H26N4O3/c1-13(2)18-21-15-6-5-14(12-16(15)22-18)19(25)23-7-9-24(10-8-23)20(26)17-4-3-11-27-17/h5-6,12-13,17H,3-4,7-11H2,1-2H3,(H,21,22). The third-order valence-corrected chi connectivity index (χ3v) is 5.38. The van der Waals surface area contributed by atoms with Crippen LogP contribution in [0.5, 0.6) is 0 Å². The van der Waals surface area contributed by atoms with E-state index in [-0.39, 0.29) is 17.9 Å². The fourth-order valence-electron chi connectivity index (χ4n) is 3.72. The monoisotopic (exact) mass is 370 g/mol. The van der Waals surface area contributed by atoms with Crippen LogP contribution in [0.4, 0.5) is 0 Å². The Bertz CT molecular complexity index is 846. The number of H-pyrrole nitrogens is 1. The second-order valence-electron chi connectivity index (χ2n) is 7.63. The summed E-state index contributed by atoms with van der Waals surface area (Å²) >= 11 is 0. The number of aromatic amines is 1.